The number of aliphatic imine (C=N–C) groups is 2. The lowest BCUT2D eigenvalue weighted by molar-refractivity contribution is 0.655. The molecule has 3 aromatic heterocycles. The van der Waals surface area contributed by atoms with Crippen molar-refractivity contribution >= 4 is 96.6 Å². The van der Waals surface area contributed by atoms with E-state index in [1.807, 2.05) is 29.5 Å². The average Bonchev–Trinajstić information content (AvgIpc) is 3.89. The van der Waals surface area contributed by atoms with E-state index >= 15 is 0 Å². The molecule has 0 bridgehead atoms. The number of nitrogens with zero attached hydrogens (tertiary/aromatic N) is 2. The van der Waals surface area contributed by atoms with Gasteiger partial charge in [-0.15, -0.1) is 22.7 Å². The zero-order chi connectivity index (χ0) is 33.5. The normalized spacial score (nSPS) is 14.9. The van der Waals surface area contributed by atoms with Gasteiger partial charge in [0.25, 0.3) is 0 Å². The van der Waals surface area contributed by atoms with Crippen LogP contribution in [0.25, 0.3) is 73.4 Å². The third-order valence-corrected chi connectivity index (χ3v) is 12.4. The van der Waals surface area contributed by atoms with Gasteiger partial charge in [-0.25, -0.2) is 9.98 Å². The SMILES string of the molecule is c1ccc(C2=NC(c3ccc4c(c3)oc3cccc(-c5cccc6c5sc5ccccc56)c34)NC(c3cccc4c3sc3ccccc34)=N2)cc1. The van der Waals surface area contributed by atoms with Crippen molar-refractivity contribution in [2.24, 2.45) is 9.98 Å². The molecule has 0 radical (unpaired) electrons. The second-order valence-electron chi connectivity index (χ2n) is 12.9. The topological polar surface area (TPSA) is 49.9 Å². The largest absolute Gasteiger partial charge is 0.456 e. The van der Waals surface area contributed by atoms with E-state index in [-0.39, 0.29) is 6.17 Å². The molecule has 4 nitrogen and oxygen atoms in total. The molecule has 0 saturated heterocycles. The van der Waals surface area contributed by atoms with Crippen molar-refractivity contribution < 1.29 is 4.42 Å². The van der Waals surface area contributed by atoms with Crippen molar-refractivity contribution in [3.05, 3.63) is 168 Å². The highest BCUT2D eigenvalue weighted by atomic mass is 32.1. The lowest BCUT2D eigenvalue weighted by Crippen LogP contribution is -2.33. The average molecular weight is 690 g/mol. The van der Waals surface area contributed by atoms with Crippen LogP contribution in [-0.4, -0.2) is 11.7 Å². The third-order valence-electron chi connectivity index (χ3n) is 9.97. The fourth-order valence-electron chi connectivity index (χ4n) is 7.60. The minimum Gasteiger partial charge on any atom is -0.456 e. The molecule has 4 heterocycles. The van der Waals surface area contributed by atoms with Gasteiger partial charge in [0.15, 0.2) is 5.84 Å². The van der Waals surface area contributed by atoms with E-state index in [0.29, 0.717) is 5.84 Å². The first-order valence-corrected chi connectivity index (χ1v) is 18.6. The van der Waals surface area contributed by atoms with Gasteiger partial charge in [-0.1, -0.05) is 121 Å². The van der Waals surface area contributed by atoms with Gasteiger partial charge in [-0.05, 0) is 35.9 Å². The minimum atomic E-state index is -0.360. The molecule has 1 aliphatic rings. The Hall–Kier alpha value is -6.08. The summed E-state index contributed by atoms with van der Waals surface area (Å²) in [6.07, 6.45) is -0.360. The molecule has 11 rings (SSSR count). The van der Waals surface area contributed by atoms with Crippen molar-refractivity contribution in [2.75, 3.05) is 0 Å². The molecule has 1 atom stereocenters. The van der Waals surface area contributed by atoms with Crippen LogP contribution in [0.4, 0.5) is 0 Å². The quantitative estimate of drug-likeness (QED) is 0.200. The Balaban J connectivity index is 1.05. The van der Waals surface area contributed by atoms with Gasteiger partial charge >= 0.3 is 0 Å². The molecule has 7 aromatic carbocycles. The predicted octanol–water partition coefficient (Wildman–Crippen LogP) is 12.5. The summed E-state index contributed by atoms with van der Waals surface area (Å²) in [7, 11) is 0. The van der Waals surface area contributed by atoms with E-state index in [1.54, 1.807) is 11.3 Å². The molecular weight excluding hydrogens is 663 g/mol. The standard InChI is InChI=1S/C45H27N3OS2/c1-2-11-26(12-3-1)43-46-44(48-45(47-43)35-19-9-17-32-29-14-5-7-22-39(29)51-42(32)35)27-23-24-34-37(25-27)49-36-20-10-15-30(40(34)36)33-18-8-16-31-28-13-4-6-21-38(28)50-41(31)33/h1-25,44H,(H,46,47,48). The lowest BCUT2D eigenvalue weighted by atomic mass is 9.97. The summed E-state index contributed by atoms with van der Waals surface area (Å²) in [6, 6.07) is 53.6. The van der Waals surface area contributed by atoms with Crippen molar-refractivity contribution in [2.45, 2.75) is 6.17 Å². The van der Waals surface area contributed by atoms with Crippen LogP contribution in [0.1, 0.15) is 22.9 Å². The van der Waals surface area contributed by atoms with Crippen LogP contribution >= 0.6 is 22.7 Å². The molecule has 240 valence electrons. The fourth-order valence-corrected chi connectivity index (χ4v) is 10.1. The number of rotatable bonds is 4. The first-order valence-electron chi connectivity index (χ1n) is 17.0. The molecule has 0 spiro atoms. The number of nitrogens with one attached hydrogen (secondary N) is 1. The summed E-state index contributed by atoms with van der Waals surface area (Å²) in [6.45, 7) is 0. The van der Waals surface area contributed by atoms with Crippen LogP contribution in [0, 0.1) is 0 Å². The Morgan fingerprint density at radius 3 is 1.90 bits per heavy atom. The van der Waals surface area contributed by atoms with E-state index in [0.717, 1.165) is 44.5 Å². The first-order chi connectivity index (χ1) is 25.3. The number of hydrogen-bond donors (Lipinski definition) is 1. The van der Waals surface area contributed by atoms with E-state index in [1.165, 1.54) is 51.5 Å². The molecule has 0 aliphatic carbocycles. The molecule has 6 heteroatoms. The number of hydrogen-bond acceptors (Lipinski definition) is 6. The molecule has 10 aromatic rings. The Bertz CT molecular complexity index is 3070. The van der Waals surface area contributed by atoms with Crippen molar-refractivity contribution in [3.63, 3.8) is 0 Å². The monoisotopic (exact) mass is 689 g/mol. The Kier molecular flexibility index (Phi) is 6.32. The lowest BCUT2D eigenvalue weighted by Gasteiger charge is -2.24. The highest BCUT2D eigenvalue weighted by Crippen LogP contribution is 2.44. The number of furan rings is 1. The molecule has 1 aliphatic heterocycles. The number of amidine groups is 2. The van der Waals surface area contributed by atoms with E-state index in [4.69, 9.17) is 14.4 Å². The summed E-state index contributed by atoms with van der Waals surface area (Å²) in [5, 5.41) is 11.0. The highest BCUT2D eigenvalue weighted by Gasteiger charge is 2.24. The Morgan fingerprint density at radius 2 is 1.14 bits per heavy atom. The van der Waals surface area contributed by atoms with Gasteiger partial charge in [-0.2, -0.15) is 0 Å². The molecule has 51 heavy (non-hydrogen) atoms. The van der Waals surface area contributed by atoms with Crippen LogP contribution in [0.3, 0.4) is 0 Å². The van der Waals surface area contributed by atoms with Crippen molar-refractivity contribution in [3.8, 4) is 11.1 Å². The van der Waals surface area contributed by atoms with Crippen LogP contribution < -0.4 is 5.32 Å². The maximum atomic E-state index is 6.63. The summed E-state index contributed by atoms with van der Waals surface area (Å²) >= 11 is 3.66. The minimum absolute atomic E-state index is 0.360. The van der Waals surface area contributed by atoms with Gasteiger partial charge in [0.2, 0.25) is 0 Å². The number of benzene rings is 7. The van der Waals surface area contributed by atoms with Gasteiger partial charge < -0.3 is 9.73 Å². The molecule has 1 unspecified atom stereocenters. The summed E-state index contributed by atoms with van der Waals surface area (Å²) in [5.74, 6) is 1.52. The predicted molar refractivity (Wildman–Crippen MR) is 217 cm³/mol. The van der Waals surface area contributed by atoms with E-state index < -0.39 is 0 Å². The van der Waals surface area contributed by atoms with Crippen molar-refractivity contribution in [1.82, 2.24) is 5.32 Å². The van der Waals surface area contributed by atoms with Gasteiger partial charge in [0.1, 0.15) is 23.2 Å². The maximum Gasteiger partial charge on any atom is 0.159 e. The Labute approximate surface area is 300 Å². The molecule has 0 amide bonds. The van der Waals surface area contributed by atoms with Gasteiger partial charge in [0, 0.05) is 73.4 Å². The second-order valence-corrected chi connectivity index (χ2v) is 15.0. The fraction of sp³-hybridized carbons (Fsp3) is 0.0222. The maximum absolute atomic E-state index is 6.63. The third kappa shape index (κ3) is 4.50. The van der Waals surface area contributed by atoms with Crippen LogP contribution in [0.15, 0.2) is 166 Å². The summed E-state index contributed by atoms with van der Waals surface area (Å²) < 4.78 is 11.7. The molecule has 1 N–H and O–H groups in total. The zero-order valence-electron chi connectivity index (χ0n) is 27.1. The van der Waals surface area contributed by atoms with Crippen LogP contribution in [0.5, 0.6) is 0 Å². The molecular formula is C45H27N3OS2. The van der Waals surface area contributed by atoms with Crippen LogP contribution in [-0.2, 0) is 0 Å². The summed E-state index contributed by atoms with van der Waals surface area (Å²) in [5.41, 5.74) is 7.20. The van der Waals surface area contributed by atoms with Crippen molar-refractivity contribution in [1.29, 1.82) is 0 Å². The Morgan fingerprint density at radius 1 is 0.510 bits per heavy atom. The second kappa shape index (κ2) is 11.2. The number of fused-ring (bicyclic) bond motifs is 9. The smallest absolute Gasteiger partial charge is 0.159 e. The number of thiophene rings is 2. The molecule has 0 saturated carbocycles. The van der Waals surface area contributed by atoms with Gasteiger partial charge in [-0.3, -0.25) is 0 Å². The van der Waals surface area contributed by atoms with E-state index in [9.17, 15) is 0 Å². The summed E-state index contributed by atoms with van der Waals surface area (Å²) in [4.78, 5) is 10.3. The first kappa shape index (κ1) is 28.7. The highest BCUT2D eigenvalue weighted by molar-refractivity contribution is 7.26. The van der Waals surface area contributed by atoms with Gasteiger partial charge in [0.05, 0.1) is 0 Å². The van der Waals surface area contributed by atoms with Crippen LogP contribution in [0.2, 0.25) is 0 Å². The van der Waals surface area contributed by atoms with E-state index in [2.05, 4.69) is 139 Å². The molecule has 0 fully saturated rings. The zero-order valence-corrected chi connectivity index (χ0v) is 28.8.